The van der Waals surface area contributed by atoms with Crippen LogP contribution < -0.4 is 0 Å². The molecule has 6 heteroatoms. The van der Waals surface area contributed by atoms with Crippen molar-refractivity contribution in [3.8, 4) is 10.6 Å². The summed E-state index contributed by atoms with van der Waals surface area (Å²) in [6.45, 7) is 1.99. The van der Waals surface area contributed by atoms with Crippen molar-refractivity contribution >= 4 is 28.8 Å². The summed E-state index contributed by atoms with van der Waals surface area (Å²) >= 11 is 7.57. The molecule has 0 bridgehead atoms. The zero-order valence-electron chi connectivity index (χ0n) is 14.0. The number of nitrogens with zero attached hydrogens (tertiary/aromatic N) is 3. The van der Waals surface area contributed by atoms with E-state index >= 15 is 0 Å². The normalized spacial score (nSPS) is 12.0. The molecule has 1 aromatic carbocycles. The van der Waals surface area contributed by atoms with Gasteiger partial charge in [-0.1, -0.05) is 23.7 Å². The van der Waals surface area contributed by atoms with Crippen molar-refractivity contribution in [2.45, 2.75) is 19.4 Å². The molecule has 0 radical (unpaired) electrons. The number of benzene rings is 1. The van der Waals surface area contributed by atoms with Gasteiger partial charge in [0.05, 0.1) is 18.2 Å². The highest BCUT2D eigenvalue weighted by atomic mass is 35.5. The molecule has 4 nitrogen and oxygen atoms in total. The molecule has 3 aromatic rings. The van der Waals surface area contributed by atoms with Crippen LogP contribution in [-0.2, 0) is 11.2 Å². The van der Waals surface area contributed by atoms with Gasteiger partial charge in [0.25, 0.3) is 0 Å². The molecular weight excluding hydrogens is 354 g/mol. The third-order valence-electron chi connectivity index (χ3n) is 4.10. The van der Waals surface area contributed by atoms with Crippen molar-refractivity contribution in [3.63, 3.8) is 0 Å². The average molecular weight is 372 g/mol. The van der Waals surface area contributed by atoms with Crippen LogP contribution in [0.25, 0.3) is 10.6 Å². The summed E-state index contributed by atoms with van der Waals surface area (Å²) in [4.78, 5) is 23.0. The molecule has 1 amide bonds. The Bertz CT molecular complexity index is 866. The van der Waals surface area contributed by atoms with Crippen LogP contribution in [-0.4, -0.2) is 27.8 Å². The molecule has 0 saturated carbocycles. The molecule has 0 aliphatic heterocycles. The van der Waals surface area contributed by atoms with Crippen molar-refractivity contribution in [1.82, 2.24) is 14.9 Å². The number of halogens is 1. The van der Waals surface area contributed by atoms with E-state index in [9.17, 15) is 4.79 Å². The van der Waals surface area contributed by atoms with Crippen LogP contribution in [0.4, 0.5) is 0 Å². The lowest BCUT2D eigenvalue weighted by Crippen LogP contribution is -2.31. The lowest BCUT2D eigenvalue weighted by molar-refractivity contribution is -0.131. The molecule has 1 atom stereocenters. The number of pyridine rings is 1. The first-order valence-electron chi connectivity index (χ1n) is 7.90. The topological polar surface area (TPSA) is 46.1 Å². The summed E-state index contributed by atoms with van der Waals surface area (Å²) in [7, 11) is 1.81. The van der Waals surface area contributed by atoms with Crippen LogP contribution in [0.3, 0.4) is 0 Å². The number of carbonyl (C=O) groups is 1. The summed E-state index contributed by atoms with van der Waals surface area (Å²) in [5, 5.41) is 3.48. The first-order valence-corrected chi connectivity index (χ1v) is 9.16. The SMILES string of the molecule is CC(c1cccc(Cl)c1)N(C)C(=O)Cc1csc(-c2cccnc2)n1. The van der Waals surface area contributed by atoms with Gasteiger partial charge < -0.3 is 4.90 Å². The molecular formula is C19H18ClN3OS. The van der Waals surface area contributed by atoms with E-state index in [1.807, 2.05) is 55.7 Å². The maximum absolute atomic E-state index is 12.6. The van der Waals surface area contributed by atoms with Gasteiger partial charge in [0.15, 0.2) is 0 Å². The molecule has 25 heavy (non-hydrogen) atoms. The van der Waals surface area contributed by atoms with E-state index in [-0.39, 0.29) is 18.4 Å². The minimum Gasteiger partial charge on any atom is -0.339 e. The van der Waals surface area contributed by atoms with Gasteiger partial charge in [-0.05, 0) is 36.8 Å². The Labute approximate surface area is 156 Å². The molecule has 128 valence electrons. The molecule has 3 rings (SSSR count). The molecule has 0 saturated heterocycles. The standard InChI is InChI=1S/C19H18ClN3OS/c1-13(14-5-3-7-16(20)9-14)23(2)18(24)10-17-12-25-19(22-17)15-6-4-8-21-11-15/h3-9,11-13H,10H2,1-2H3. The van der Waals surface area contributed by atoms with Crippen LogP contribution in [0, 0.1) is 0 Å². The molecule has 2 aromatic heterocycles. The second-order valence-corrected chi connectivity index (χ2v) is 7.09. The minimum atomic E-state index is -0.0531. The van der Waals surface area contributed by atoms with Gasteiger partial charge in [0, 0.05) is 35.4 Å². The van der Waals surface area contributed by atoms with Crippen molar-refractivity contribution in [2.24, 2.45) is 0 Å². The van der Waals surface area contributed by atoms with E-state index in [0.29, 0.717) is 5.02 Å². The van der Waals surface area contributed by atoms with Crippen molar-refractivity contribution in [3.05, 3.63) is 70.5 Å². The fourth-order valence-electron chi connectivity index (χ4n) is 2.50. The highest BCUT2D eigenvalue weighted by molar-refractivity contribution is 7.13. The Morgan fingerprint density at radius 3 is 2.88 bits per heavy atom. The zero-order valence-corrected chi connectivity index (χ0v) is 15.6. The number of thiazole rings is 1. The molecule has 1 unspecified atom stereocenters. The Morgan fingerprint density at radius 2 is 2.16 bits per heavy atom. The van der Waals surface area contributed by atoms with Crippen LogP contribution in [0.15, 0.2) is 54.2 Å². The first kappa shape index (κ1) is 17.6. The predicted octanol–water partition coefficient (Wildman–Crippen LogP) is 4.62. The molecule has 0 fully saturated rings. The van der Waals surface area contributed by atoms with Gasteiger partial charge in [-0.2, -0.15) is 0 Å². The average Bonchev–Trinajstić information content (AvgIpc) is 3.09. The summed E-state index contributed by atoms with van der Waals surface area (Å²) in [5.41, 5.74) is 2.75. The number of carbonyl (C=O) groups excluding carboxylic acids is 1. The third kappa shape index (κ3) is 4.24. The van der Waals surface area contributed by atoms with E-state index in [0.717, 1.165) is 21.8 Å². The van der Waals surface area contributed by atoms with Crippen molar-refractivity contribution in [1.29, 1.82) is 0 Å². The Kier molecular flexibility index (Phi) is 5.46. The summed E-state index contributed by atoms with van der Waals surface area (Å²) in [6, 6.07) is 11.4. The minimum absolute atomic E-state index is 0.0236. The summed E-state index contributed by atoms with van der Waals surface area (Å²) in [6.07, 6.45) is 3.78. The van der Waals surface area contributed by atoms with Gasteiger partial charge in [0.2, 0.25) is 5.91 Å². The van der Waals surface area contributed by atoms with Crippen LogP contribution in [0.1, 0.15) is 24.2 Å². The van der Waals surface area contributed by atoms with E-state index in [4.69, 9.17) is 11.6 Å². The second kappa shape index (κ2) is 7.76. The monoisotopic (exact) mass is 371 g/mol. The fourth-order valence-corrected chi connectivity index (χ4v) is 3.50. The molecule has 0 aliphatic rings. The second-order valence-electron chi connectivity index (χ2n) is 5.80. The van der Waals surface area contributed by atoms with Crippen molar-refractivity contribution < 1.29 is 4.79 Å². The van der Waals surface area contributed by atoms with E-state index in [1.54, 1.807) is 17.3 Å². The number of aromatic nitrogens is 2. The fraction of sp³-hybridized carbons (Fsp3) is 0.211. The number of likely N-dealkylation sites (N-methyl/N-ethyl adjacent to an activating group) is 1. The van der Waals surface area contributed by atoms with E-state index < -0.39 is 0 Å². The van der Waals surface area contributed by atoms with E-state index in [1.165, 1.54) is 11.3 Å². The van der Waals surface area contributed by atoms with Gasteiger partial charge >= 0.3 is 0 Å². The van der Waals surface area contributed by atoms with Gasteiger partial charge in [-0.15, -0.1) is 11.3 Å². The van der Waals surface area contributed by atoms with Crippen molar-refractivity contribution in [2.75, 3.05) is 7.05 Å². The van der Waals surface area contributed by atoms with Gasteiger partial charge in [0.1, 0.15) is 5.01 Å². The maximum Gasteiger partial charge on any atom is 0.228 e. The summed E-state index contributed by atoms with van der Waals surface area (Å²) in [5.74, 6) is 0.0236. The molecule has 2 heterocycles. The zero-order chi connectivity index (χ0) is 17.8. The highest BCUT2D eigenvalue weighted by Crippen LogP contribution is 2.25. The Hall–Kier alpha value is -2.24. The number of hydrogen-bond donors (Lipinski definition) is 0. The third-order valence-corrected chi connectivity index (χ3v) is 5.27. The van der Waals surface area contributed by atoms with Gasteiger partial charge in [-0.25, -0.2) is 4.98 Å². The van der Waals surface area contributed by atoms with Gasteiger partial charge in [-0.3, -0.25) is 9.78 Å². The highest BCUT2D eigenvalue weighted by Gasteiger charge is 2.19. The lowest BCUT2D eigenvalue weighted by atomic mass is 10.1. The molecule has 0 N–H and O–H groups in total. The maximum atomic E-state index is 12.6. The predicted molar refractivity (Wildman–Crippen MR) is 102 cm³/mol. The Balaban J connectivity index is 1.68. The quantitative estimate of drug-likeness (QED) is 0.657. The smallest absolute Gasteiger partial charge is 0.228 e. The number of amides is 1. The molecule has 0 spiro atoms. The lowest BCUT2D eigenvalue weighted by Gasteiger charge is -2.25. The number of hydrogen-bond acceptors (Lipinski definition) is 4. The Morgan fingerprint density at radius 1 is 1.32 bits per heavy atom. The largest absolute Gasteiger partial charge is 0.339 e. The first-order chi connectivity index (χ1) is 12.0. The summed E-state index contributed by atoms with van der Waals surface area (Å²) < 4.78 is 0. The molecule has 0 aliphatic carbocycles. The van der Waals surface area contributed by atoms with E-state index in [2.05, 4.69) is 9.97 Å². The van der Waals surface area contributed by atoms with Crippen LogP contribution in [0.2, 0.25) is 5.02 Å². The van der Waals surface area contributed by atoms with Crippen LogP contribution in [0.5, 0.6) is 0 Å². The van der Waals surface area contributed by atoms with Crippen LogP contribution >= 0.6 is 22.9 Å². The number of rotatable bonds is 5.